The minimum absolute atomic E-state index is 0.104. The molecule has 1 aliphatic heterocycles. The quantitative estimate of drug-likeness (QED) is 0.518. The molecular weight excluding hydrogens is 378 g/mol. The lowest BCUT2D eigenvalue weighted by Crippen LogP contribution is -2.22. The molecule has 0 N–H and O–H groups in total. The molecule has 0 unspecified atom stereocenters. The van der Waals surface area contributed by atoms with E-state index < -0.39 is 0 Å². The van der Waals surface area contributed by atoms with E-state index in [0.717, 1.165) is 16.8 Å². The van der Waals surface area contributed by atoms with Crippen LogP contribution in [-0.4, -0.2) is 25.1 Å². The Morgan fingerprint density at radius 3 is 2.64 bits per heavy atom. The van der Waals surface area contributed by atoms with Gasteiger partial charge in [0.1, 0.15) is 6.10 Å². The van der Waals surface area contributed by atoms with Crippen molar-refractivity contribution in [2.75, 3.05) is 0 Å². The fourth-order valence-corrected chi connectivity index (χ4v) is 3.32. The molecule has 2 aromatic carbocycles. The molecule has 4 aromatic rings. The minimum Gasteiger partial charge on any atom is -0.365 e. The zero-order chi connectivity index (χ0) is 19.1. The number of rotatable bonds is 3. The van der Waals surface area contributed by atoms with Crippen molar-refractivity contribution in [1.29, 1.82) is 0 Å². The summed E-state index contributed by atoms with van der Waals surface area (Å²) in [5, 5.41) is 13.3. The van der Waals surface area contributed by atoms with Crippen LogP contribution < -0.4 is 0 Å². The summed E-state index contributed by atoms with van der Waals surface area (Å²) < 4.78 is 13.3. The second kappa shape index (κ2) is 6.85. The van der Waals surface area contributed by atoms with E-state index in [1.54, 1.807) is 0 Å². The topological polar surface area (TPSA) is 78.9 Å². The van der Waals surface area contributed by atoms with Gasteiger partial charge in [0, 0.05) is 10.6 Å². The Labute approximate surface area is 165 Å². The molecule has 2 aromatic heterocycles. The zero-order valence-corrected chi connectivity index (χ0v) is 15.8. The average molecular weight is 394 g/mol. The second-order valence-corrected chi connectivity index (χ2v) is 7.14. The van der Waals surface area contributed by atoms with Gasteiger partial charge in [-0.1, -0.05) is 51.8 Å². The van der Waals surface area contributed by atoms with Crippen molar-refractivity contribution in [1.82, 2.24) is 25.1 Å². The highest BCUT2D eigenvalue weighted by Gasteiger charge is 2.27. The van der Waals surface area contributed by atoms with Gasteiger partial charge in [0.05, 0.1) is 18.8 Å². The van der Waals surface area contributed by atoms with Crippen LogP contribution in [0.25, 0.3) is 23.0 Å². The average Bonchev–Trinajstić information content (AvgIpc) is 3.35. The predicted octanol–water partition coefficient (Wildman–Crippen LogP) is 4.23. The molecule has 7 nitrogen and oxygen atoms in total. The smallest absolute Gasteiger partial charge is 0.258 e. The van der Waals surface area contributed by atoms with Crippen LogP contribution in [0.5, 0.6) is 0 Å². The van der Waals surface area contributed by atoms with Gasteiger partial charge in [0.2, 0.25) is 5.82 Å². The second-order valence-electron chi connectivity index (χ2n) is 6.71. The van der Waals surface area contributed by atoms with Crippen LogP contribution in [0.3, 0.4) is 0 Å². The molecular formula is C20H16ClN5O2. The maximum absolute atomic E-state index is 6.03. The molecule has 0 radical (unpaired) electrons. The van der Waals surface area contributed by atoms with Crippen molar-refractivity contribution in [2.24, 2.45) is 0 Å². The Hall–Kier alpha value is -3.03. The molecule has 0 saturated heterocycles. The molecule has 28 heavy (non-hydrogen) atoms. The molecule has 1 aliphatic rings. The largest absolute Gasteiger partial charge is 0.365 e. The van der Waals surface area contributed by atoms with Gasteiger partial charge in [-0.05, 0) is 36.8 Å². The number of ether oxygens (including phenoxy) is 1. The summed E-state index contributed by atoms with van der Waals surface area (Å²) in [5.41, 5.74) is 4.50. The van der Waals surface area contributed by atoms with Crippen molar-refractivity contribution < 1.29 is 9.26 Å². The highest BCUT2D eigenvalue weighted by atomic mass is 35.5. The number of aryl methyl sites for hydroxylation is 1. The number of halogens is 1. The lowest BCUT2D eigenvalue weighted by atomic mass is 10.1. The van der Waals surface area contributed by atoms with Gasteiger partial charge in [-0.2, -0.15) is 4.98 Å². The number of hydrogen-bond acceptors (Lipinski definition) is 6. The Bertz CT molecular complexity index is 1120. The van der Waals surface area contributed by atoms with Gasteiger partial charge >= 0.3 is 0 Å². The van der Waals surface area contributed by atoms with E-state index in [1.165, 1.54) is 5.56 Å². The first-order valence-corrected chi connectivity index (χ1v) is 9.26. The maximum atomic E-state index is 6.03. The monoisotopic (exact) mass is 393 g/mol. The predicted molar refractivity (Wildman–Crippen MR) is 102 cm³/mol. The highest BCUT2D eigenvalue weighted by Crippen LogP contribution is 2.31. The third kappa shape index (κ3) is 3.08. The van der Waals surface area contributed by atoms with Crippen LogP contribution in [0, 0.1) is 6.92 Å². The van der Waals surface area contributed by atoms with Crippen LogP contribution in [0.1, 0.15) is 22.9 Å². The summed E-state index contributed by atoms with van der Waals surface area (Å²) in [6.07, 6.45) is -0.104. The number of aromatic nitrogens is 5. The van der Waals surface area contributed by atoms with Gasteiger partial charge < -0.3 is 9.26 Å². The number of fused-ring (bicyclic) bond motifs is 1. The van der Waals surface area contributed by atoms with Crippen molar-refractivity contribution in [3.05, 3.63) is 70.4 Å². The number of hydrogen-bond donors (Lipinski definition) is 0. The van der Waals surface area contributed by atoms with Gasteiger partial charge in [0.25, 0.3) is 5.89 Å². The molecule has 8 heteroatoms. The van der Waals surface area contributed by atoms with E-state index >= 15 is 0 Å². The molecule has 0 spiro atoms. The van der Waals surface area contributed by atoms with Gasteiger partial charge in [-0.3, -0.25) is 0 Å². The summed E-state index contributed by atoms with van der Waals surface area (Å²) >= 11 is 5.97. The Morgan fingerprint density at radius 1 is 1.07 bits per heavy atom. The van der Waals surface area contributed by atoms with E-state index in [1.807, 2.05) is 60.1 Å². The van der Waals surface area contributed by atoms with Gasteiger partial charge in [0.15, 0.2) is 5.69 Å². The highest BCUT2D eigenvalue weighted by molar-refractivity contribution is 6.30. The zero-order valence-electron chi connectivity index (χ0n) is 15.0. The molecule has 5 rings (SSSR count). The van der Waals surface area contributed by atoms with E-state index in [0.29, 0.717) is 35.6 Å². The SMILES string of the molecule is Cc1ccc(-c2nc(-c3nnn4c3CO[C@H](c3ccc(Cl)cc3)C4)no2)cc1. The molecule has 140 valence electrons. The minimum atomic E-state index is -0.104. The first kappa shape index (κ1) is 17.1. The van der Waals surface area contributed by atoms with Crippen LogP contribution in [0.15, 0.2) is 53.1 Å². The fourth-order valence-electron chi connectivity index (χ4n) is 3.20. The Kier molecular flexibility index (Phi) is 4.18. The van der Waals surface area contributed by atoms with Crippen LogP contribution in [0.2, 0.25) is 5.02 Å². The van der Waals surface area contributed by atoms with Gasteiger partial charge in [-0.15, -0.1) is 5.10 Å². The first-order chi connectivity index (χ1) is 13.7. The summed E-state index contributed by atoms with van der Waals surface area (Å²) in [7, 11) is 0. The summed E-state index contributed by atoms with van der Waals surface area (Å²) in [4.78, 5) is 4.48. The summed E-state index contributed by atoms with van der Waals surface area (Å²) in [6, 6.07) is 15.5. The Morgan fingerprint density at radius 2 is 1.86 bits per heavy atom. The summed E-state index contributed by atoms with van der Waals surface area (Å²) in [5.74, 6) is 0.859. The molecule has 0 amide bonds. The van der Waals surface area contributed by atoms with Gasteiger partial charge in [-0.25, -0.2) is 4.68 Å². The van der Waals surface area contributed by atoms with Crippen LogP contribution >= 0.6 is 11.6 Å². The molecule has 0 saturated carbocycles. The molecule has 0 aliphatic carbocycles. The fraction of sp³-hybridized carbons (Fsp3) is 0.200. The Balaban J connectivity index is 1.41. The molecule has 1 atom stereocenters. The molecule has 0 fully saturated rings. The maximum Gasteiger partial charge on any atom is 0.258 e. The van der Waals surface area contributed by atoms with E-state index in [9.17, 15) is 0 Å². The molecule has 3 heterocycles. The number of nitrogens with zero attached hydrogens (tertiary/aromatic N) is 5. The van der Waals surface area contributed by atoms with E-state index in [4.69, 9.17) is 20.9 Å². The van der Waals surface area contributed by atoms with Crippen LogP contribution in [-0.2, 0) is 17.9 Å². The van der Waals surface area contributed by atoms with E-state index in [-0.39, 0.29) is 6.10 Å². The van der Waals surface area contributed by atoms with E-state index in [2.05, 4.69) is 20.5 Å². The lowest BCUT2D eigenvalue weighted by Gasteiger charge is -2.24. The normalized spacial score (nSPS) is 16.1. The third-order valence-corrected chi connectivity index (χ3v) is 5.03. The van der Waals surface area contributed by atoms with Crippen molar-refractivity contribution in [2.45, 2.75) is 26.2 Å². The first-order valence-electron chi connectivity index (χ1n) is 8.88. The van der Waals surface area contributed by atoms with Crippen molar-refractivity contribution >= 4 is 11.6 Å². The summed E-state index contributed by atoms with van der Waals surface area (Å²) in [6.45, 7) is 2.96. The standard InChI is InChI=1S/C20H16ClN5O2/c1-12-2-4-14(5-3-12)20-22-19(24-28-20)18-16-11-27-17(10-26(16)25-23-18)13-6-8-15(21)9-7-13/h2-9,17H,10-11H2,1H3/t17-/m0/s1. The number of benzene rings is 2. The lowest BCUT2D eigenvalue weighted by molar-refractivity contribution is -0.00111. The molecule has 0 bridgehead atoms. The third-order valence-electron chi connectivity index (χ3n) is 4.78. The van der Waals surface area contributed by atoms with Crippen molar-refractivity contribution in [3.63, 3.8) is 0 Å². The van der Waals surface area contributed by atoms with Crippen molar-refractivity contribution in [3.8, 4) is 23.0 Å². The van der Waals surface area contributed by atoms with Crippen LogP contribution in [0.4, 0.5) is 0 Å².